The molecule has 1 saturated heterocycles. The number of rotatable bonds is 3. The van der Waals surface area contributed by atoms with Crippen molar-refractivity contribution in [3.8, 4) is 0 Å². The number of amides is 1. The Bertz CT molecular complexity index is 611. The summed E-state index contributed by atoms with van der Waals surface area (Å²) < 4.78 is 23.1. The second-order valence-corrected chi connectivity index (χ2v) is 8.57. The van der Waals surface area contributed by atoms with Crippen LogP contribution < -0.4 is 0 Å². The minimum absolute atomic E-state index is 0.0103. The lowest BCUT2D eigenvalue weighted by atomic mass is 9.82. The van der Waals surface area contributed by atoms with Crippen molar-refractivity contribution < 1.29 is 23.1 Å². The molecule has 1 heterocycles. The van der Waals surface area contributed by atoms with Gasteiger partial charge in [-0.25, -0.2) is 8.42 Å². The maximum atomic E-state index is 12.7. The van der Waals surface area contributed by atoms with E-state index in [0.717, 1.165) is 0 Å². The molecule has 2 fully saturated rings. The van der Waals surface area contributed by atoms with Crippen LogP contribution >= 0.6 is 0 Å². The van der Waals surface area contributed by atoms with E-state index in [1.54, 1.807) is 7.05 Å². The molecule has 1 amide bonds. The van der Waals surface area contributed by atoms with Crippen LogP contribution in [-0.2, 0) is 19.4 Å². The molecular weight excluding hydrogens is 294 g/mol. The first-order valence-electron chi connectivity index (χ1n) is 7.18. The summed E-state index contributed by atoms with van der Waals surface area (Å²) in [5, 5.41) is 9.38. The molecule has 0 unspecified atom stereocenters. The molecule has 2 aliphatic carbocycles. The Kier molecular flexibility index (Phi) is 3.35. The highest BCUT2D eigenvalue weighted by atomic mass is 32.2. The summed E-state index contributed by atoms with van der Waals surface area (Å²) in [7, 11) is -1.46. The van der Waals surface area contributed by atoms with Gasteiger partial charge >= 0.3 is 5.97 Å². The standard InChI is InChI=1S/C14H19NO5S/c1-15(10-4-5-21(19,20)7-10)13(16)11-8-2-3-9(6-8)12(11)14(17)18/h2-3,8-12H,4-7H2,1H3,(H,17,18)/t8-,9-,10+,11+,12-/m0/s1. The van der Waals surface area contributed by atoms with E-state index in [1.165, 1.54) is 4.90 Å². The summed E-state index contributed by atoms with van der Waals surface area (Å²) in [6.07, 6.45) is 4.99. The Hall–Kier alpha value is -1.37. The van der Waals surface area contributed by atoms with Crippen LogP contribution in [0.25, 0.3) is 0 Å². The number of sulfone groups is 1. The van der Waals surface area contributed by atoms with E-state index in [1.807, 2.05) is 12.2 Å². The Morgan fingerprint density at radius 3 is 2.33 bits per heavy atom. The predicted octanol–water partition coefficient (Wildman–Crippen LogP) is 0.155. The average molecular weight is 313 g/mol. The van der Waals surface area contributed by atoms with Crippen LogP contribution in [0.15, 0.2) is 12.2 Å². The van der Waals surface area contributed by atoms with Crippen molar-refractivity contribution in [2.75, 3.05) is 18.6 Å². The number of carbonyl (C=O) groups excluding carboxylic acids is 1. The molecule has 2 bridgehead atoms. The number of aliphatic carboxylic acids is 1. The van der Waals surface area contributed by atoms with Gasteiger partial charge in [0.1, 0.15) is 0 Å². The van der Waals surface area contributed by atoms with E-state index < -0.39 is 27.6 Å². The molecule has 116 valence electrons. The number of nitrogens with zero attached hydrogens (tertiary/aromatic N) is 1. The van der Waals surface area contributed by atoms with Crippen molar-refractivity contribution >= 4 is 21.7 Å². The second kappa shape index (κ2) is 4.83. The number of allylic oxidation sites excluding steroid dienone is 2. The maximum absolute atomic E-state index is 12.7. The molecule has 5 atom stereocenters. The van der Waals surface area contributed by atoms with Gasteiger partial charge in [0, 0.05) is 13.1 Å². The molecule has 0 aromatic carbocycles. The molecule has 21 heavy (non-hydrogen) atoms. The Labute approximate surface area is 123 Å². The molecule has 3 rings (SSSR count). The van der Waals surface area contributed by atoms with Gasteiger partial charge in [0.25, 0.3) is 0 Å². The van der Waals surface area contributed by atoms with Crippen molar-refractivity contribution in [1.29, 1.82) is 0 Å². The molecule has 0 radical (unpaired) electrons. The molecule has 0 aromatic heterocycles. The Morgan fingerprint density at radius 2 is 1.81 bits per heavy atom. The molecule has 0 spiro atoms. The van der Waals surface area contributed by atoms with Gasteiger partial charge in [-0.2, -0.15) is 0 Å². The summed E-state index contributed by atoms with van der Waals surface area (Å²) in [5.41, 5.74) is 0. The van der Waals surface area contributed by atoms with E-state index in [-0.39, 0.29) is 35.3 Å². The summed E-state index contributed by atoms with van der Waals surface area (Å²) in [6.45, 7) is 0. The Morgan fingerprint density at radius 1 is 1.19 bits per heavy atom. The highest BCUT2D eigenvalue weighted by Crippen LogP contribution is 2.48. The van der Waals surface area contributed by atoms with Gasteiger partial charge in [-0.05, 0) is 24.7 Å². The van der Waals surface area contributed by atoms with E-state index in [0.29, 0.717) is 12.8 Å². The van der Waals surface area contributed by atoms with Gasteiger partial charge in [0.2, 0.25) is 5.91 Å². The smallest absolute Gasteiger partial charge is 0.307 e. The quantitative estimate of drug-likeness (QED) is 0.749. The second-order valence-electron chi connectivity index (χ2n) is 6.34. The summed E-state index contributed by atoms with van der Waals surface area (Å²) in [4.78, 5) is 25.6. The zero-order chi connectivity index (χ0) is 15.4. The number of fused-ring (bicyclic) bond motifs is 2. The average Bonchev–Trinajstić information content (AvgIpc) is 3.09. The van der Waals surface area contributed by atoms with Crippen LogP contribution in [0, 0.1) is 23.7 Å². The molecular formula is C14H19NO5S. The topological polar surface area (TPSA) is 91.8 Å². The third kappa shape index (κ3) is 2.37. The highest BCUT2D eigenvalue weighted by Gasteiger charge is 2.53. The molecule has 1 saturated carbocycles. The lowest BCUT2D eigenvalue weighted by Gasteiger charge is -2.31. The third-order valence-corrected chi connectivity index (χ3v) is 6.88. The van der Waals surface area contributed by atoms with Crippen molar-refractivity contribution in [1.82, 2.24) is 4.90 Å². The van der Waals surface area contributed by atoms with Crippen LogP contribution in [0.5, 0.6) is 0 Å². The largest absolute Gasteiger partial charge is 0.481 e. The van der Waals surface area contributed by atoms with Crippen molar-refractivity contribution in [3.63, 3.8) is 0 Å². The van der Waals surface area contributed by atoms with Crippen LogP contribution in [0.1, 0.15) is 12.8 Å². The minimum atomic E-state index is -3.06. The monoisotopic (exact) mass is 313 g/mol. The van der Waals surface area contributed by atoms with Crippen molar-refractivity contribution in [2.45, 2.75) is 18.9 Å². The Balaban J connectivity index is 1.78. The van der Waals surface area contributed by atoms with Crippen LogP contribution in [0.3, 0.4) is 0 Å². The summed E-state index contributed by atoms with van der Waals surface area (Å²) in [6, 6.07) is -0.319. The molecule has 7 heteroatoms. The number of carbonyl (C=O) groups is 2. The summed E-state index contributed by atoms with van der Waals surface area (Å²) in [5.74, 6) is -2.37. The van der Waals surface area contributed by atoms with E-state index >= 15 is 0 Å². The lowest BCUT2D eigenvalue weighted by Crippen LogP contribution is -2.46. The van der Waals surface area contributed by atoms with Gasteiger partial charge in [0.15, 0.2) is 9.84 Å². The van der Waals surface area contributed by atoms with Gasteiger partial charge in [0.05, 0.1) is 23.3 Å². The predicted molar refractivity (Wildman–Crippen MR) is 75.2 cm³/mol. The fourth-order valence-corrected chi connectivity index (χ4v) is 5.77. The number of hydrogen-bond acceptors (Lipinski definition) is 4. The normalized spacial score (nSPS) is 39.6. The zero-order valence-corrected chi connectivity index (χ0v) is 12.6. The van der Waals surface area contributed by atoms with Gasteiger partial charge in [-0.1, -0.05) is 12.2 Å². The van der Waals surface area contributed by atoms with Crippen molar-refractivity contribution in [2.24, 2.45) is 23.7 Å². The van der Waals surface area contributed by atoms with Gasteiger partial charge in [-0.3, -0.25) is 9.59 Å². The maximum Gasteiger partial charge on any atom is 0.307 e. The van der Waals surface area contributed by atoms with Crippen LogP contribution in [0.2, 0.25) is 0 Å². The fourth-order valence-electron chi connectivity index (χ4n) is 3.99. The van der Waals surface area contributed by atoms with E-state index in [2.05, 4.69) is 0 Å². The van der Waals surface area contributed by atoms with Gasteiger partial charge < -0.3 is 10.0 Å². The summed E-state index contributed by atoms with van der Waals surface area (Å²) >= 11 is 0. The number of carboxylic acid groups (broad SMARTS) is 1. The fraction of sp³-hybridized carbons (Fsp3) is 0.714. The number of carboxylic acids is 1. The van der Waals surface area contributed by atoms with E-state index in [9.17, 15) is 23.1 Å². The van der Waals surface area contributed by atoms with Crippen LogP contribution in [0.4, 0.5) is 0 Å². The lowest BCUT2D eigenvalue weighted by molar-refractivity contribution is -0.151. The SMILES string of the molecule is CN(C(=O)[C@H]1[C@@H](C(=O)O)[C@H]2C=C[C@H]1C2)[C@@H]1CCS(=O)(=O)C1. The third-order valence-electron chi connectivity index (χ3n) is 5.13. The molecule has 1 N–H and O–H groups in total. The van der Waals surface area contributed by atoms with E-state index in [4.69, 9.17) is 0 Å². The first-order valence-corrected chi connectivity index (χ1v) is 9.00. The highest BCUT2D eigenvalue weighted by molar-refractivity contribution is 7.91. The molecule has 0 aromatic rings. The first-order chi connectivity index (χ1) is 9.80. The van der Waals surface area contributed by atoms with Crippen molar-refractivity contribution in [3.05, 3.63) is 12.2 Å². The zero-order valence-electron chi connectivity index (χ0n) is 11.8. The van der Waals surface area contributed by atoms with Gasteiger partial charge in [-0.15, -0.1) is 0 Å². The number of hydrogen-bond donors (Lipinski definition) is 1. The van der Waals surface area contributed by atoms with Crippen LogP contribution in [-0.4, -0.2) is 54.9 Å². The molecule has 6 nitrogen and oxygen atoms in total. The minimum Gasteiger partial charge on any atom is -0.481 e. The molecule has 3 aliphatic rings. The first kappa shape index (κ1) is 14.6. The molecule has 1 aliphatic heterocycles.